The second kappa shape index (κ2) is 12.3. The Balaban J connectivity index is 2.44. The van der Waals surface area contributed by atoms with E-state index < -0.39 is 0 Å². The predicted octanol–water partition coefficient (Wildman–Crippen LogP) is 3.27. The SMILES string of the molecule is CCNC(=NCc1csc(CC)n1)NC(C)CCCN(CC)CC. The summed E-state index contributed by atoms with van der Waals surface area (Å²) in [5, 5.41) is 10.1. The molecule has 0 aliphatic rings. The van der Waals surface area contributed by atoms with Crippen LogP contribution in [0.5, 0.6) is 0 Å². The molecule has 5 nitrogen and oxygen atoms in total. The maximum absolute atomic E-state index is 4.68. The van der Waals surface area contributed by atoms with E-state index in [0.717, 1.165) is 44.1 Å². The van der Waals surface area contributed by atoms with Gasteiger partial charge >= 0.3 is 0 Å². The fourth-order valence-corrected chi connectivity index (χ4v) is 3.27. The van der Waals surface area contributed by atoms with E-state index in [0.29, 0.717) is 12.6 Å². The maximum Gasteiger partial charge on any atom is 0.191 e. The van der Waals surface area contributed by atoms with Crippen LogP contribution < -0.4 is 10.6 Å². The molecule has 6 heteroatoms. The first-order valence-electron chi connectivity index (χ1n) is 9.33. The van der Waals surface area contributed by atoms with Gasteiger partial charge in [0.1, 0.15) is 0 Å². The number of thiazole rings is 1. The molecule has 2 N–H and O–H groups in total. The summed E-state index contributed by atoms with van der Waals surface area (Å²) in [4.78, 5) is 11.7. The lowest BCUT2D eigenvalue weighted by molar-refractivity contribution is 0.292. The number of hydrogen-bond donors (Lipinski definition) is 2. The summed E-state index contributed by atoms with van der Waals surface area (Å²) >= 11 is 1.72. The van der Waals surface area contributed by atoms with E-state index in [-0.39, 0.29) is 0 Å². The van der Waals surface area contributed by atoms with Gasteiger partial charge in [-0.2, -0.15) is 0 Å². The highest BCUT2D eigenvalue weighted by Crippen LogP contribution is 2.10. The molecule has 138 valence electrons. The van der Waals surface area contributed by atoms with Gasteiger partial charge in [0.25, 0.3) is 0 Å². The van der Waals surface area contributed by atoms with Crippen molar-refractivity contribution in [2.24, 2.45) is 4.99 Å². The fourth-order valence-electron chi connectivity index (χ4n) is 2.53. The van der Waals surface area contributed by atoms with Crippen molar-refractivity contribution < 1.29 is 0 Å². The molecule has 1 heterocycles. The van der Waals surface area contributed by atoms with Crippen LogP contribution in [0.3, 0.4) is 0 Å². The highest BCUT2D eigenvalue weighted by atomic mass is 32.1. The average Bonchev–Trinajstić information content (AvgIpc) is 3.05. The average molecular weight is 354 g/mol. The molecule has 0 aromatic carbocycles. The van der Waals surface area contributed by atoms with E-state index in [1.54, 1.807) is 11.3 Å². The Morgan fingerprint density at radius 1 is 1.29 bits per heavy atom. The quantitative estimate of drug-likeness (QED) is 0.473. The normalized spacial score (nSPS) is 13.3. The van der Waals surface area contributed by atoms with Gasteiger partial charge in [-0.15, -0.1) is 11.3 Å². The molecule has 1 unspecified atom stereocenters. The van der Waals surface area contributed by atoms with E-state index in [1.165, 1.54) is 18.0 Å². The zero-order valence-corrected chi connectivity index (χ0v) is 16.9. The van der Waals surface area contributed by atoms with Crippen molar-refractivity contribution in [3.05, 3.63) is 16.1 Å². The number of nitrogens with one attached hydrogen (secondary N) is 2. The molecule has 0 aliphatic carbocycles. The van der Waals surface area contributed by atoms with Crippen LogP contribution in [-0.4, -0.2) is 48.1 Å². The fraction of sp³-hybridized carbons (Fsp3) is 0.778. The van der Waals surface area contributed by atoms with Crippen LogP contribution in [-0.2, 0) is 13.0 Å². The molecule has 1 aromatic heterocycles. The van der Waals surface area contributed by atoms with Gasteiger partial charge < -0.3 is 15.5 Å². The van der Waals surface area contributed by atoms with Gasteiger partial charge in [-0.3, -0.25) is 0 Å². The third kappa shape index (κ3) is 8.11. The van der Waals surface area contributed by atoms with Crippen LogP contribution in [0.4, 0.5) is 0 Å². The summed E-state index contributed by atoms with van der Waals surface area (Å²) < 4.78 is 0. The Kier molecular flexibility index (Phi) is 10.7. The summed E-state index contributed by atoms with van der Waals surface area (Å²) in [6.45, 7) is 15.9. The monoisotopic (exact) mass is 353 g/mol. The summed E-state index contributed by atoms with van der Waals surface area (Å²) in [7, 11) is 0. The van der Waals surface area contributed by atoms with Crippen molar-refractivity contribution >= 4 is 17.3 Å². The van der Waals surface area contributed by atoms with Crippen molar-refractivity contribution in [2.45, 2.75) is 66.5 Å². The third-order valence-electron chi connectivity index (χ3n) is 4.03. The van der Waals surface area contributed by atoms with Gasteiger partial charge in [0.15, 0.2) is 5.96 Å². The number of aliphatic imine (C=N–C) groups is 1. The van der Waals surface area contributed by atoms with Gasteiger partial charge in [-0.05, 0) is 52.7 Å². The number of nitrogens with zero attached hydrogens (tertiary/aromatic N) is 3. The van der Waals surface area contributed by atoms with Crippen molar-refractivity contribution in [1.29, 1.82) is 0 Å². The number of rotatable bonds is 11. The zero-order valence-electron chi connectivity index (χ0n) is 16.1. The minimum absolute atomic E-state index is 0.417. The molecule has 0 saturated carbocycles. The Labute approximate surface area is 152 Å². The van der Waals surface area contributed by atoms with E-state index >= 15 is 0 Å². The lowest BCUT2D eigenvalue weighted by atomic mass is 10.2. The molecule has 1 rings (SSSR count). The molecule has 0 bridgehead atoms. The molecule has 0 saturated heterocycles. The molecule has 0 fully saturated rings. The highest BCUT2D eigenvalue weighted by Gasteiger charge is 2.07. The number of hydrogen-bond acceptors (Lipinski definition) is 4. The second-order valence-electron chi connectivity index (χ2n) is 6.00. The molecular formula is C18H35N5S. The van der Waals surface area contributed by atoms with Crippen LogP contribution in [0.15, 0.2) is 10.4 Å². The van der Waals surface area contributed by atoms with E-state index in [9.17, 15) is 0 Å². The third-order valence-corrected chi connectivity index (χ3v) is 5.08. The first-order chi connectivity index (χ1) is 11.6. The summed E-state index contributed by atoms with van der Waals surface area (Å²) in [5.41, 5.74) is 1.06. The Bertz CT molecular complexity index is 468. The van der Waals surface area contributed by atoms with E-state index in [2.05, 4.69) is 65.5 Å². The van der Waals surface area contributed by atoms with Crippen LogP contribution in [0.1, 0.15) is 58.2 Å². The smallest absolute Gasteiger partial charge is 0.191 e. The minimum atomic E-state index is 0.417. The molecule has 24 heavy (non-hydrogen) atoms. The van der Waals surface area contributed by atoms with Gasteiger partial charge in [-0.1, -0.05) is 20.8 Å². The van der Waals surface area contributed by atoms with Crippen molar-refractivity contribution in [3.8, 4) is 0 Å². The van der Waals surface area contributed by atoms with Gasteiger partial charge in [0.2, 0.25) is 0 Å². The summed E-state index contributed by atoms with van der Waals surface area (Å²) in [5.74, 6) is 0.888. The molecule has 1 aromatic rings. The second-order valence-corrected chi connectivity index (χ2v) is 6.94. The predicted molar refractivity (Wildman–Crippen MR) is 106 cm³/mol. The molecular weight excluding hydrogens is 318 g/mol. The first-order valence-corrected chi connectivity index (χ1v) is 10.2. The molecule has 0 radical (unpaired) electrons. The van der Waals surface area contributed by atoms with Crippen molar-refractivity contribution in [3.63, 3.8) is 0 Å². The van der Waals surface area contributed by atoms with Gasteiger partial charge in [0.05, 0.1) is 17.2 Å². The van der Waals surface area contributed by atoms with Crippen LogP contribution in [0.2, 0.25) is 0 Å². The Morgan fingerprint density at radius 2 is 2.04 bits per heavy atom. The van der Waals surface area contributed by atoms with E-state index in [4.69, 9.17) is 0 Å². The largest absolute Gasteiger partial charge is 0.357 e. The van der Waals surface area contributed by atoms with Crippen molar-refractivity contribution in [2.75, 3.05) is 26.2 Å². The van der Waals surface area contributed by atoms with Crippen LogP contribution >= 0.6 is 11.3 Å². The molecule has 0 amide bonds. The van der Waals surface area contributed by atoms with Crippen LogP contribution in [0.25, 0.3) is 0 Å². The summed E-state index contributed by atoms with van der Waals surface area (Å²) in [6, 6.07) is 0.417. The zero-order chi connectivity index (χ0) is 17.8. The molecule has 1 atom stereocenters. The standard InChI is InChI=1S/C18H35N5S/c1-6-17-22-16(14-24-17)13-20-18(19-7-2)21-15(5)11-10-12-23(8-3)9-4/h14-15H,6-13H2,1-5H3,(H2,19,20,21). The Hall–Kier alpha value is -1.14. The highest BCUT2D eigenvalue weighted by molar-refractivity contribution is 7.09. The van der Waals surface area contributed by atoms with Crippen LogP contribution in [0, 0.1) is 0 Å². The van der Waals surface area contributed by atoms with Gasteiger partial charge in [0, 0.05) is 18.0 Å². The maximum atomic E-state index is 4.68. The van der Waals surface area contributed by atoms with Crippen molar-refractivity contribution in [1.82, 2.24) is 20.5 Å². The number of aryl methyl sites for hydroxylation is 1. The first kappa shape index (κ1) is 20.9. The molecule has 0 aliphatic heterocycles. The number of guanidine groups is 1. The summed E-state index contributed by atoms with van der Waals surface area (Å²) in [6.07, 6.45) is 3.36. The van der Waals surface area contributed by atoms with E-state index in [1.807, 2.05) is 0 Å². The topological polar surface area (TPSA) is 52.6 Å². The minimum Gasteiger partial charge on any atom is -0.357 e. The lowest BCUT2D eigenvalue weighted by Crippen LogP contribution is -2.42. The number of aromatic nitrogens is 1. The Morgan fingerprint density at radius 3 is 2.62 bits per heavy atom. The van der Waals surface area contributed by atoms with Gasteiger partial charge in [-0.25, -0.2) is 9.98 Å². The molecule has 0 spiro atoms. The lowest BCUT2D eigenvalue weighted by Gasteiger charge is -2.21.